The topological polar surface area (TPSA) is 88.2 Å². The Hall–Kier alpha value is -2.86. The number of ether oxygens (including phenoxy) is 2. The van der Waals surface area contributed by atoms with Gasteiger partial charge in [0.1, 0.15) is 12.7 Å². The molecule has 25 heavy (non-hydrogen) atoms. The summed E-state index contributed by atoms with van der Waals surface area (Å²) in [4.78, 5) is 23.2. The molecule has 1 saturated heterocycles. The van der Waals surface area contributed by atoms with Crippen LogP contribution in [0.5, 0.6) is 0 Å². The van der Waals surface area contributed by atoms with E-state index in [0.717, 1.165) is 22.3 Å². The molecule has 1 heterocycles. The average Bonchev–Trinajstić information content (AvgIpc) is 3.40. The van der Waals surface area contributed by atoms with Gasteiger partial charge < -0.3 is 19.9 Å². The molecular formula is C19H17NO5. The van der Waals surface area contributed by atoms with Crippen molar-refractivity contribution in [1.29, 1.82) is 0 Å². The van der Waals surface area contributed by atoms with E-state index in [1.807, 2.05) is 36.4 Å². The third kappa shape index (κ3) is 2.96. The molecule has 6 nitrogen and oxygen atoms in total. The lowest BCUT2D eigenvalue weighted by Gasteiger charge is -2.16. The summed E-state index contributed by atoms with van der Waals surface area (Å²) in [6, 6.07) is 15.0. The highest BCUT2D eigenvalue weighted by Gasteiger charge is 2.39. The van der Waals surface area contributed by atoms with Gasteiger partial charge in [0.05, 0.1) is 6.61 Å². The Morgan fingerprint density at radius 1 is 1.12 bits per heavy atom. The quantitative estimate of drug-likeness (QED) is 0.817. The number of carboxylic acid groups (broad SMARTS) is 1. The second-order valence-electron chi connectivity index (χ2n) is 6.16. The smallest absolute Gasteiger partial charge is 0.407 e. The summed E-state index contributed by atoms with van der Waals surface area (Å²) >= 11 is 0. The van der Waals surface area contributed by atoms with Gasteiger partial charge in [-0.25, -0.2) is 9.59 Å². The summed E-state index contributed by atoms with van der Waals surface area (Å²) < 4.78 is 10.3. The average molecular weight is 339 g/mol. The second-order valence-corrected chi connectivity index (χ2v) is 6.16. The minimum atomic E-state index is -1.13. The Labute approximate surface area is 144 Å². The molecule has 1 amide bonds. The predicted molar refractivity (Wildman–Crippen MR) is 89.4 cm³/mol. The van der Waals surface area contributed by atoms with Crippen molar-refractivity contribution >= 4 is 12.1 Å². The summed E-state index contributed by atoms with van der Waals surface area (Å²) in [5.74, 6) is -1.19. The van der Waals surface area contributed by atoms with Crippen molar-refractivity contribution in [1.82, 2.24) is 5.32 Å². The highest BCUT2D eigenvalue weighted by Crippen LogP contribution is 2.44. The zero-order chi connectivity index (χ0) is 17.4. The van der Waals surface area contributed by atoms with Gasteiger partial charge in [0, 0.05) is 5.92 Å². The van der Waals surface area contributed by atoms with Crippen LogP contribution >= 0.6 is 0 Å². The number of nitrogens with one attached hydrogen (secondary N) is 1. The fraction of sp³-hybridized carbons (Fsp3) is 0.263. The Balaban J connectivity index is 1.47. The van der Waals surface area contributed by atoms with E-state index >= 15 is 0 Å². The molecular weight excluding hydrogens is 322 g/mol. The van der Waals surface area contributed by atoms with E-state index in [9.17, 15) is 9.59 Å². The number of carboxylic acids is 1. The molecule has 4 rings (SSSR count). The lowest BCUT2D eigenvalue weighted by Crippen LogP contribution is -2.45. The van der Waals surface area contributed by atoms with Crippen molar-refractivity contribution in [2.45, 2.75) is 18.1 Å². The number of carbonyl (C=O) groups is 2. The number of alkyl carbamates (subject to hydrolysis) is 1. The first-order chi connectivity index (χ1) is 12.1. The molecule has 6 heteroatoms. The van der Waals surface area contributed by atoms with Gasteiger partial charge in [-0.3, -0.25) is 0 Å². The van der Waals surface area contributed by atoms with Crippen LogP contribution in [0, 0.1) is 0 Å². The van der Waals surface area contributed by atoms with Crippen molar-refractivity contribution in [2.75, 3.05) is 13.2 Å². The highest BCUT2D eigenvalue weighted by atomic mass is 16.6. The molecule has 0 radical (unpaired) electrons. The molecule has 0 spiro atoms. The van der Waals surface area contributed by atoms with Crippen molar-refractivity contribution < 1.29 is 24.2 Å². The second kappa shape index (κ2) is 6.22. The van der Waals surface area contributed by atoms with Crippen molar-refractivity contribution in [3.8, 4) is 11.1 Å². The van der Waals surface area contributed by atoms with Gasteiger partial charge in [-0.05, 0) is 22.3 Å². The van der Waals surface area contributed by atoms with Crippen LogP contribution in [0.4, 0.5) is 4.79 Å². The molecule has 2 aromatic carbocycles. The summed E-state index contributed by atoms with van der Waals surface area (Å²) in [5, 5.41) is 11.5. The molecule has 2 N–H and O–H groups in total. The molecule has 1 aliphatic heterocycles. The van der Waals surface area contributed by atoms with Crippen molar-refractivity contribution in [2.24, 2.45) is 0 Å². The highest BCUT2D eigenvalue weighted by molar-refractivity contribution is 5.81. The van der Waals surface area contributed by atoms with Crippen LogP contribution in [0.25, 0.3) is 11.1 Å². The van der Waals surface area contributed by atoms with E-state index in [4.69, 9.17) is 14.6 Å². The van der Waals surface area contributed by atoms with Gasteiger partial charge in [-0.2, -0.15) is 0 Å². The number of hydrogen-bond acceptors (Lipinski definition) is 4. The van der Waals surface area contributed by atoms with Crippen LogP contribution in [-0.4, -0.2) is 42.5 Å². The fourth-order valence-corrected chi connectivity index (χ4v) is 3.33. The minimum Gasteiger partial charge on any atom is -0.480 e. The Morgan fingerprint density at radius 3 is 2.20 bits per heavy atom. The Bertz CT molecular complexity index is 785. The van der Waals surface area contributed by atoms with Gasteiger partial charge >= 0.3 is 12.1 Å². The van der Waals surface area contributed by atoms with Gasteiger partial charge in [0.2, 0.25) is 0 Å². The van der Waals surface area contributed by atoms with Crippen LogP contribution in [0.2, 0.25) is 0 Å². The van der Waals surface area contributed by atoms with Crippen LogP contribution < -0.4 is 5.32 Å². The molecule has 0 saturated carbocycles. The van der Waals surface area contributed by atoms with Crippen LogP contribution in [0.15, 0.2) is 48.5 Å². The zero-order valence-electron chi connectivity index (χ0n) is 13.3. The van der Waals surface area contributed by atoms with Gasteiger partial charge in [-0.1, -0.05) is 48.5 Å². The SMILES string of the molecule is O=C(NC(C(=O)O)[C@H]1CO1)OCC1c2ccccc2-c2ccccc21. The number of benzene rings is 2. The monoisotopic (exact) mass is 339 g/mol. The number of rotatable bonds is 5. The molecule has 128 valence electrons. The number of fused-ring (bicyclic) bond motifs is 3. The van der Waals surface area contributed by atoms with Crippen molar-refractivity contribution in [3.63, 3.8) is 0 Å². The van der Waals surface area contributed by atoms with Crippen LogP contribution in [0.3, 0.4) is 0 Å². The van der Waals surface area contributed by atoms with E-state index in [-0.39, 0.29) is 12.5 Å². The third-order valence-electron chi connectivity index (χ3n) is 4.61. The first kappa shape index (κ1) is 15.7. The van der Waals surface area contributed by atoms with Gasteiger partial charge in [0.15, 0.2) is 6.04 Å². The molecule has 1 unspecified atom stereocenters. The number of epoxide rings is 1. The molecule has 2 aromatic rings. The van der Waals surface area contributed by atoms with Crippen LogP contribution in [0.1, 0.15) is 17.0 Å². The molecule has 0 aromatic heterocycles. The number of carbonyl (C=O) groups excluding carboxylic acids is 1. The molecule has 1 fully saturated rings. The maximum atomic E-state index is 12.0. The minimum absolute atomic E-state index is 0.0568. The predicted octanol–water partition coefficient (Wildman–Crippen LogP) is 2.38. The lowest BCUT2D eigenvalue weighted by atomic mass is 9.98. The fourth-order valence-electron chi connectivity index (χ4n) is 3.33. The molecule has 2 atom stereocenters. The van der Waals surface area contributed by atoms with Crippen LogP contribution in [-0.2, 0) is 14.3 Å². The Morgan fingerprint density at radius 2 is 1.68 bits per heavy atom. The summed E-state index contributed by atoms with van der Waals surface area (Å²) in [7, 11) is 0. The van der Waals surface area contributed by atoms with E-state index < -0.39 is 24.2 Å². The number of aliphatic carboxylic acids is 1. The van der Waals surface area contributed by atoms with E-state index in [1.54, 1.807) is 0 Å². The lowest BCUT2D eigenvalue weighted by molar-refractivity contribution is -0.139. The Kier molecular flexibility index (Phi) is 3.89. The van der Waals surface area contributed by atoms with Gasteiger partial charge in [0.25, 0.3) is 0 Å². The zero-order valence-corrected chi connectivity index (χ0v) is 13.3. The number of amides is 1. The summed E-state index contributed by atoms with van der Waals surface area (Å²) in [6.07, 6.45) is -1.22. The third-order valence-corrected chi connectivity index (χ3v) is 4.61. The van der Waals surface area contributed by atoms with E-state index in [2.05, 4.69) is 17.4 Å². The number of hydrogen-bond donors (Lipinski definition) is 2. The first-order valence-electron chi connectivity index (χ1n) is 8.11. The van der Waals surface area contributed by atoms with Gasteiger partial charge in [-0.15, -0.1) is 0 Å². The molecule has 2 aliphatic rings. The largest absolute Gasteiger partial charge is 0.480 e. The normalized spacial score (nSPS) is 18.8. The maximum absolute atomic E-state index is 12.0. The maximum Gasteiger partial charge on any atom is 0.407 e. The molecule has 0 bridgehead atoms. The van der Waals surface area contributed by atoms with Crippen molar-refractivity contribution in [3.05, 3.63) is 59.7 Å². The van der Waals surface area contributed by atoms with E-state index in [0.29, 0.717) is 6.61 Å². The standard InChI is InChI=1S/C19H17NO5/c21-18(22)17(16-10-24-16)20-19(23)25-9-15-13-7-3-1-5-11(13)12-6-2-4-8-14(12)15/h1-8,15-17H,9-10H2,(H,20,23)(H,21,22)/t16-,17?/m1/s1. The summed E-state index contributed by atoms with van der Waals surface area (Å²) in [5.41, 5.74) is 4.50. The van der Waals surface area contributed by atoms with E-state index in [1.165, 1.54) is 0 Å². The summed E-state index contributed by atoms with van der Waals surface area (Å²) in [6.45, 7) is 0.484. The molecule has 1 aliphatic carbocycles. The first-order valence-corrected chi connectivity index (χ1v) is 8.11.